The summed E-state index contributed by atoms with van der Waals surface area (Å²) >= 11 is 0. The van der Waals surface area contributed by atoms with Crippen molar-refractivity contribution in [3.8, 4) is 0 Å². The van der Waals surface area contributed by atoms with E-state index in [9.17, 15) is 12.6 Å². The summed E-state index contributed by atoms with van der Waals surface area (Å²) in [7, 11) is -7.37. The lowest BCUT2D eigenvalue weighted by Gasteiger charge is -2.50. The van der Waals surface area contributed by atoms with Crippen molar-refractivity contribution in [2.45, 2.75) is 73.2 Å². The van der Waals surface area contributed by atoms with Gasteiger partial charge in [-0.1, -0.05) is 85.5 Å². The number of rotatable bonds is 15. The fourth-order valence-electron chi connectivity index (χ4n) is 4.80. The SMILES string of the molecule is Cc1ccc(S(=O)SCC[Si]2(C)O[Si](C)(CCSS(=O)c3ccc(C)cc3)O[Si](C)(CCSS(=O)c3ccc(C)cc3)O2)cc1. The van der Waals surface area contributed by atoms with Crippen LogP contribution < -0.4 is 0 Å². The minimum atomic E-state index is -2.71. The Morgan fingerprint density at radius 2 is 0.689 bits per heavy atom. The Labute approximate surface area is 290 Å². The molecule has 0 radical (unpaired) electrons. The molecule has 1 aliphatic rings. The van der Waals surface area contributed by atoms with Crippen LogP contribution in [0, 0.1) is 20.8 Å². The van der Waals surface area contributed by atoms with Gasteiger partial charge in [-0.3, -0.25) is 0 Å². The zero-order valence-corrected chi connectivity index (χ0v) is 34.5. The van der Waals surface area contributed by atoms with Crippen molar-refractivity contribution in [1.29, 1.82) is 0 Å². The van der Waals surface area contributed by atoms with Gasteiger partial charge in [-0.15, -0.1) is 0 Å². The summed E-state index contributed by atoms with van der Waals surface area (Å²) in [6.07, 6.45) is 0. The monoisotopic (exact) mass is 774 g/mol. The highest BCUT2D eigenvalue weighted by Gasteiger charge is 2.56. The Balaban J connectivity index is 1.41. The summed E-state index contributed by atoms with van der Waals surface area (Å²) < 4.78 is 59.5. The smallest absolute Gasteiger partial charge is 0.318 e. The van der Waals surface area contributed by atoms with Crippen LogP contribution in [0.1, 0.15) is 16.7 Å². The maximum absolute atomic E-state index is 13.0. The third kappa shape index (κ3) is 11.7. The van der Waals surface area contributed by atoms with Gasteiger partial charge in [-0.2, -0.15) is 0 Å². The summed E-state index contributed by atoms with van der Waals surface area (Å²) in [6, 6.07) is 25.5. The van der Waals surface area contributed by atoms with Crippen LogP contribution in [0.15, 0.2) is 87.5 Å². The molecule has 4 rings (SSSR count). The van der Waals surface area contributed by atoms with Gasteiger partial charge < -0.3 is 12.3 Å². The van der Waals surface area contributed by atoms with Crippen LogP contribution in [0.25, 0.3) is 0 Å². The maximum atomic E-state index is 13.0. The van der Waals surface area contributed by atoms with Crippen molar-refractivity contribution in [1.82, 2.24) is 0 Å². The van der Waals surface area contributed by atoms with Crippen LogP contribution >= 0.6 is 32.4 Å². The van der Waals surface area contributed by atoms with Crippen LogP contribution in [0.2, 0.25) is 37.8 Å². The normalized spacial score (nSPS) is 25.5. The minimum absolute atomic E-state index is 0.649. The second-order valence-electron chi connectivity index (χ2n) is 11.6. The standard InChI is InChI=1S/C30H42O6S6Si3/c1-25-7-13-28(14-8-25)40(31)37-19-22-43(4)34-44(5,23-20-38-41(32)29-15-9-26(2)10-16-29)36-45(6,35-43)24-21-39-42(33)30-17-11-27(3)12-18-30/h7-18H,19-24H2,1-6H3. The van der Waals surface area contributed by atoms with Crippen LogP contribution in [0.3, 0.4) is 0 Å². The van der Waals surface area contributed by atoms with Gasteiger partial charge in [0.1, 0.15) is 29.5 Å². The first kappa shape index (κ1) is 37.5. The quantitative estimate of drug-likeness (QED) is 0.112. The molecule has 45 heavy (non-hydrogen) atoms. The molecule has 0 amide bonds. The van der Waals surface area contributed by atoms with Crippen molar-refractivity contribution in [2.24, 2.45) is 0 Å². The highest BCUT2D eigenvalue weighted by atomic mass is 33.1. The fraction of sp³-hybridized carbons (Fsp3) is 0.400. The van der Waals surface area contributed by atoms with E-state index < -0.39 is 55.2 Å². The molecule has 0 spiro atoms. The zero-order chi connectivity index (χ0) is 32.7. The van der Waals surface area contributed by atoms with E-state index >= 15 is 0 Å². The van der Waals surface area contributed by atoms with Crippen LogP contribution in [0.4, 0.5) is 0 Å². The van der Waals surface area contributed by atoms with E-state index in [1.54, 1.807) is 0 Å². The molecule has 3 unspecified atom stereocenters. The lowest BCUT2D eigenvalue weighted by atomic mass is 10.2. The molecule has 3 aromatic carbocycles. The third-order valence-electron chi connectivity index (χ3n) is 7.18. The van der Waals surface area contributed by atoms with E-state index in [0.717, 1.165) is 31.4 Å². The Hall–Kier alpha value is -0.309. The molecule has 0 N–H and O–H groups in total. The van der Waals surface area contributed by atoms with Crippen LogP contribution in [0.5, 0.6) is 0 Å². The van der Waals surface area contributed by atoms with Gasteiger partial charge >= 0.3 is 25.7 Å². The first-order valence-corrected chi connectivity index (χ1v) is 30.3. The van der Waals surface area contributed by atoms with E-state index in [2.05, 4.69) is 19.6 Å². The largest absolute Gasteiger partial charge is 0.416 e. The van der Waals surface area contributed by atoms with Gasteiger partial charge in [0.25, 0.3) is 0 Å². The molecule has 6 nitrogen and oxygen atoms in total. The van der Waals surface area contributed by atoms with E-state index in [1.807, 2.05) is 93.6 Å². The predicted octanol–water partition coefficient (Wildman–Crippen LogP) is 8.56. The van der Waals surface area contributed by atoms with Crippen molar-refractivity contribution in [2.75, 3.05) is 17.3 Å². The molecule has 246 valence electrons. The Morgan fingerprint density at radius 1 is 0.467 bits per heavy atom. The minimum Gasteiger partial charge on any atom is -0.416 e. The zero-order valence-electron chi connectivity index (χ0n) is 26.6. The first-order chi connectivity index (χ1) is 21.3. The number of benzene rings is 3. The van der Waals surface area contributed by atoms with Crippen molar-refractivity contribution >= 4 is 87.6 Å². The van der Waals surface area contributed by atoms with E-state index in [0.29, 0.717) is 35.4 Å². The molecule has 0 bridgehead atoms. The molecule has 3 aromatic rings. The molecular weight excluding hydrogens is 733 g/mol. The fourth-order valence-corrected chi connectivity index (χ4v) is 33.1. The molecule has 1 fully saturated rings. The Morgan fingerprint density at radius 3 is 0.911 bits per heavy atom. The second kappa shape index (κ2) is 16.9. The number of aryl methyl sites for hydroxylation is 3. The van der Waals surface area contributed by atoms with Gasteiger partial charge in [0.15, 0.2) is 0 Å². The van der Waals surface area contributed by atoms with Crippen LogP contribution in [-0.2, 0) is 41.8 Å². The highest BCUT2D eigenvalue weighted by molar-refractivity contribution is 8.69. The molecule has 3 atom stereocenters. The summed E-state index contributed by atoms with van der Waals surface area (Å²) in [5, 5.41) is 0. The maximum Gasteiger partial charge on any atom is 0.318 e. The Bertz CT molecular complexity index is 1310. The molecule has 15 heteroatoms. The molecule has 1 saturated heterocycles. The van der Waals surface area contributed by atoms with Crippen LogP contribution in [-0.4, -0.2) is 55.6 Å². The van der Waals surface area contributed by atoms with E-state index in [1.165, 1.54) is 32.4 Å². The van der Waals surface area contributed by atoms with Crippen molar-refractivity contribution < 1.29 is 25.0 Å². The average Bonchev–Trinajstić information content (AvgIpc) is 2.97. The van der Waals surface area contributed by atoms with Crippen molar-refractivity contribution in [3.63, 3.8) is 0 Å². The number of hydrogen-bond acceptors (Lipinski definition) is 9. The predicted molar refractivity (Wildman–Crippen MR) is 203 cm³/mol. The lowest BCUT2D eigenvalue weighted by Crippen LogP contribution is -2.67. The van der Waals surface area contributed by atoms with Crippen molar-refractivity contribution in [3.05, 3.63) is 89.5 Å². The van der Waals surface area contributed by atoms with Gasteiger partial charge in [-0.05, 0) is 94.9 Å². The summed E-state index contributed by atoms with van der Waals surface area (Å²) in [6.45, 7) is 12.4. The molecule has 0 aromatic heterocycles. The topological polar surface area (TPSA) is 78.9 Å². The van der Waals surface area contributed by atoms with E-state index in [-0.39, 0.29) is 0 Å². The highest BCUT2D eigenvalue weighted by Crippen LogP contribution is 2.39. The lowest BCUT2D eigenvalue weighted by molar-refractivity contribution is 0.225. The van der Waals surface area contributed by atoms with E-state index in [4.69, 9.17) is 12.3 Å². The molecular formula is C30H42O6S6Si3. The summed E-state index contributed by atoms with van der Waals surface area (Å²) in [5.74, 6) is 1.95. The first-order valence-electron chi connectivity index (χ1n) is 14.7. The van der Waals surface area contributed by atoms with Gasteiger partial charge in [-0.25, -0.2) is 12.6 Å². The third-order valence-corrected chi connectivity index (χ3v) is 31.0. The number of hydrogen-bond donors (Lipinski definition) is 0. The molecule has 1 heterocycles. The molecule has 1 aliphatic heterocycles. The second-order valence-corrected chi connectivity index (χ2v) is 31.9. The van der Waals surface area contributed by atoms with Gasteiger partial charge in [0.2, 0.25) is 0 Å². The molecule has 0 saturated carbocycles. The summed E-state index contributed by atoms with van der Waals surface area (Å²) in [5.41, 5.74) is 3.42. The average molecular weight is 775 g/mol. The Kier molecular flexibility index (Phi) is 14.1. The summed E-state index contributed by atoms with van der Waals surface area (Å²) in [4.78, 5) is 2.42. The molecule has 0 aliphatic carbocycles. The van der Waals surface area contributed by atoms with Gasteiger partial charge in [0, 0.05) is 31.9 Å². The van der Waals surface area contributed by atoms with Gasteiger partial charge in [0.05, 0.1) is 0 Å².